The molecule has 1 aliphatic carbocycles. The van der Waals surface area contributed by atoms with Gasteiger partial charge in [0.1, 0.15) is 0 Å². The highest BCUT2D eigenvalue weighted by Gasteiger charge is 2.20. The molecule has 0 bridgehead atoms. The van der Waals surface area contributed by atoms with Gasteiger partial charge in [0.15, 0.2) is 6.10 Å². The number of carbonyl (C=O) groups excluding carboxylic acids is 2. The molecule has 1 unspecified atom stereocenters. The standard InChI is InChI=1S/C22H29N3O4/c1-15-8-10-18(11-9-15)22-25-24-19(29-22)12-13-20(26)28-16(2)21(27)23-14-17-6-4-3-5-7-17/h8-11,16-17H,3-7,12-14H2,1-2H3,(H,23,27). The summed E-state index contributed by atoms with van der Waals surface area (Å²) in [5.74, 6) is 0.621. The third kappa shape index (κ3) is 6.41. The SMILES string of the molecule is Cc1ccc(-c2nnc(CCC(=O)OC(C)C(=O)NCC3CCCCC3)o2)cc1. The Kier molecular flexibility index (Phi) is 7.38. The molecule has 1 saturated carbocycles. The number of benzene rings is 1. The van der Waals surface area contributed by atoms with Crippen LogP contribution in [-0.4, -0.2) is 34.7 Å². The minimum Gasteiger partial charge on any atom is -0.453 e. The predicted octanol–water partition coefficient (Wildman–Crippen LogP) is 3.61. The number of ether oxygens (including phenoxy) is 1. The van der Waals surface area contributed by atoms with Gasteiger partial charge in [-0.15, -0.1) is 10.2 Å². The highest BCUT2D eigenvalue weighted by atomic mass is 16.5. The molecule has 29 heavy (non-hydrogen) atoms. The lowest BCUT2D eigenvalue weighted by Gasteiger charge is -2.22. The van der Waals surface area contributed by atoms with Gasteiger partial charge in [0.05, 0.1) is 6.42 Å². The van der Waals surface area contributed by atoms with Gasteiger partial charge in [0.2, 0.25) is 11.8 Å². The van der Waals surface area contributed by atoms with Crippen LogP contribution >= 0.6 is 0 Å². The zero-order chi connectivity index (χ0) is 20.6. The number of nitrogens with zero attached hydrogens (tertiary/aromatic N) is 2. The molecular formula is C22H29N3O4. The van der Waals surface area contributed by atoms with Crippen molar-refractivity contribution in [3.63, 3.8) is 0 Å². The Bertz CT molecular complexity index is 810. The van der Waals surface area contributed by atoms with Crippen molar-refractivity contribution < 1.29 is 18.7 Å². The zero-order valence-corrected chi connectivity index (χ0v) is 17.1. The average molecular weight is 399 g/mol. The number of carbonyl (C=O) groups is 2. The number of aryl methyl sites for hydroxylation is 2. The Hall–Kier alpha value is -2.70. The first-order valence-corrected chi connectivity index (χ1v) is 10.4. The second-order valence-corrected chi connectivity index (χ2v) is 7.75. The Morgan fingerprint density at radius 2 is 1.90 bits per heavy atom. The topological polar surface area (TPSA) is 94.3 Å². The van der Waals surface area contributed by atoms with Crippen molar-refractivity contribution in [3.05, 3.63) is 35.7 Å². The Morgan fingerprint density at radius 3 is 2.62 bits per heavy atom. The molecule has 1 atom stereocenters. The molecule has 1 aromatic heterocycles. The van der Waals surface area contributed by atoms with Crippen LogP contribution in [-0.2, 0) is 20.7 Å². The lowest BCUT2D eigenvalue weighted by Crippen LogP contribution is -2.38. The van der Waals surface area contributed by atoms with E-state index < -0.39 is 12.1 Å². The van der Waals surface area contributed by atoms with E-state index in [0.717, 1.165) is 24.0 Å². The molecule has 2 aromatic rings. The van der Waals surface area contributed by atoms with Crippen molar-refractivity contribution in [2.75, 3.05) is 6.54 Å². The van der Waals surface area contributed by atoms with Crippen LogP contribution < -0.4 is 5.32 Å². The predicted molar refractivity (Wildman–Crippen MR) is 108 cm³/mol. The minimum absolute atomic E-state index is 0.0791. The van der Waals surface area contributed by atoms with E-state index in [1.807, 2.05) is 31.2 Å². The summed E-state index contributed by atoms with van der Waals surface area (Å²) in [5.41, 5.74) is 1.98. The van der Waals surface area contributed by atoms with Gasteiger partial charge in [0, 0.05) is 18.5 Å². The van der Waals surface area contributed by atoms with Crippen molar-refractivity contribution in [2.45, 2.75) is 64.9 Å². The molecule has 0 aliphatic heterocycles. The zero-order valence-electron chi connectivity index (χ0n) is 17.1. The summed E-state index contributed by atoms with van der Waals surface area (Å²) in [6.07, 6.45) is 5.59. The number of nitrogens with one attached hydrogen (secondary N) is 1. The number of rotatable bonds is 8. The molecule has 1 aliphatic rings. The largest absolute Gasteiger partial charge is 0.453 e. The summed E-state index contributed by atoms with van der Waals surface area (Å²) in [5, 5.41) is 10.9. The highest BCUT2D eigenvalue weighted by Crippen LogP contribution is 2.23. The maximum Gasteiger partial charge on any atom is 0.307 e. The van der Waals surface area contributed by atoms with E-state index in [9.17, 15) is 9.59 Å². The van der Waals surface area contributed by atoms with Crippen LogP contribution in [0.15, 0.2) is 28.7 Å². The van der Waals surface area contributed by atoms with E-state index in [1.165, 1.54) is 19.3 Å². The first-order valence-electron chi connectivity index (χ1n) is 10.4. The van der Waals surface area contributed by atoms with Crippen LogP contribution in [0.3, 0.4) is 0 Å². The monoisotopic (exact) mass is 399 g/mol. The molecule has 1 N–H and O–H groups in total. The summed E-state index contributed by atoms with van der Waals surface area (Å²) >= 11 is 0. The maximum atomic E-state index is 12.2. The lowest BCUT2D eigenvalue weighted by molar-refractivity contribution is -0.154. The average Bonchev–Trinajstić information content (AvgIpc) is 3.21. The van der Waals surface area contributed by atoms with E-state index in [4.69, 9.17) is 9.15 Å². The van der Waals surface area contributed by atoms with Gasteiger partial charge in [-0.2, -0.15) is 0 Å². The van der Waals surface area contributed by atoms with Crippen LogP contribution in [0.25, 0.3) is 11.5 Å². The molecule has 1 amide bonds. The third-order valence-electron chi connectivity index (χ3n) is 5.28. The van der Waals surface area contributed by atoms with Gasteiger partial charge in [-0.1, -0.05) is 37.0 Å². The summed E-state index contributed by atoms with van der Waals surface area (Å²) in [4.78, 5) is 24.2. The number of amides is 1. The van der Waals surface area contributed by atoms with Crippen LogP contribution in [0.4, 0.5) is 0 Å². The van der Waals surface area contributed by atoms with Gasteiger partial charge in [0.25, 0.3) is 5.91 Å². The normalized spacial score (nSPS) is 15.7. The minimum atomic E-state index is -0.808. The molecule has 1 fully saturated rings. The molecule has 7 nitrogen and oxygen atoms in total. The van der Waals surface area contributed by atoms with Gasteiger partial charge in [-0.3, -0.25) is 9.59 Å². The number of hydrogen-bond donors (Lipinski definition) is 1. The Labute approximate surface area is 171 Å². The summed E-state index contributed by atoms with van der Waals surface area (Å²) in [7, 11) is 0. The van der Waals surface area contributed by atoms with Gasteiger partial charge in [-0.25, -0.2) is 0 Å². The van der Waals surface area contributed by atoms with Gasteiger partial charge < -0.3 is 14.5 Å². The number of hydrogen-bond acceptors (Lipinski definition) is 6. The lowest BCUT2D eigenvalue weighted by atomic mass is 9.89. The smallest absolute Gasteiger partial charge is 0.307 e. The highest BCUT2D eigenvalue weighted by molar-refractivity contribution is 5.83. The maximum absolute atomic E-state index is 12.2. The molecule has 1 heterocycles. The molecule has 7 heteroatoms. The van der Waals surface area contributed by atoms with Gasteiger partial charge in [-0.05, 0) is 44.7 Å². The van der Waals surface area contributed by atoms with Crippen molar-refractivity contribution in [1.82, 2.24) is 15.5 Å². The molecule has 156 valence electrons. The fraction of sp³-hybridized carbons (Fsp3) is 0.545. The van der Waals surface area contributed by atoms with Crippen molar-refractivity contribution in [2.24, 2.45) is 5.92 Å². The van der Waals surface area contributed by atoms with E-state index in [1.54, 1.807) is 6.92 Å². The third-order valence-corrected chi connectivity index (χ3v) is 5.28. The fourth-order valence-electron chi connectivity index (χ4n) is 3.47. The summed E-state index contributed by atoms with van der Waals surface area (Å²) in [6.45, 7) is 4.26. The number of esters is 1. The van der Waals surface area contributed by atoms with Crippen LogP contribution in [0.2, 0.25) is 0 Å². The van der Waals surface area contributed by atoms with Gasteiger partial charge >= 0.3 is 5.97 Å². The van der Waals surface area contributed by atoms with E-state index >= 15 is 0 Å². The molecule has 3 rings (SSSR count). The van der Waals surface area contributed by atoms with E-state index in [-0.39, 0.29) is 18.7 Å². The van der Waals surface area contributed by atoms with Crippen molar-refractivity contribution in [3.8, 4) is 11.5 Å². The van der Waals surface area contributed by atoms with Crippen molar-refractivity contribution >= 4 is 11.9 Å². The Morgan fingerprint density at radius 1 is 1.17 bits per heavy atom. The van der Waals surface area contributed by atoms with Crippen LogP contribution in [0.1, 0.15) is 56.9 Å². The summed E-state index contributed by atoms with van der Waals surface area (Å²) < 4.78 is 10.8. The first-order chi connectivity index (χ1) is 14.0. The molecule has 0 saturated heterocycles. The number of aromatic nitrogens is 2. The van der Waals surface area contributed by atoms with E-state index in [0.29, 0.717) is 24.2 Å². The van der Waals surface area contributed by atoms with Crippen LogP contribution in [0, 0.1) is 12.8 Å². The second kappa shape index (κ2) is 10.2. The van der Waals surface area contributed by atoms with E-state index in [2.05, 4.69) is 15.5 Å². The summed E-state index contributed by atoms with van der Waals surface area (Å²) in [6, 6.07) is 7.76. The molecule has 0 spiro atoms. The molecule has 0 radical (unpaired) electrons. The molecular weight excluding hydrogens is 370 g/mol. The first kappa shape index (κ1) is 21.0. The molecule has 1 aromatic carbocycles. The quantitative estimate of drug-likeness (QED) is 0.682. The Balaban J connectivity index is 1.40. The van der Waals surface area contributed by atoms with Crippen molar-refractivity contribution in [1.29, 1.82) is 0 Å². The second-order valence-electron chi connectivity index (χ2n) is 7.75. The fourth-order valence-corrected chi connectivity index (χ4v) is 3.47. The van der Waals surface area contributed by atoms with Crippen LogP contribution in [0.5, 0.6) is 0 Å².